The van der Waals surface area contributed by atoms with Crippen LogP contribution in [0, 0.1) is 5.41 Å². The van der Waals surface area contributed by atoms with Crippen LogP contribution >= 0.6 is 0 Å². The molecule has 17 heavy (non-hydrogen) atoms. The zero-order valence-electron chi connectivity index (χ0n) is 10.9. The normalized spacial score (nSPS) is 26.0. The lowest BCUT2D eigenvalue weighted by Crippen LogP contribution is -2.43. The Labute approximate surface area is 104 Å². The predicted octanol–water partition coefficient (Wildman–Crippen LogP) is 2.38. The highest BCUT2D eigenvalue weighted by Gasteiger charge is 2.34. The van der Waals surface area contributed by atoms with Crippen molar-refractivity contribution >= 4 is 5.91 Å². The molecule has 0 aromatic carbocycles. The van der Waals surface area contributed by atoms with Gasteiger partial charge in [-0.1, -0.05) is 32.6 Å². The number of hydrogen-bond donors (Lipinski definition) is 2. The Morgan fingerprint density at radius 1 is 1.12 bits per heavy atom. The third kappa shape index (κ3) is 3.44. The van der Waals surface area contributed by atoms with Crippen LogP contribution < -0.4 is 5.32 Å². The molecule has 0 spiro atoms. The van der Waals surface area contributed by atoms with E-state index in [1.165, 1.54) is 25.7 Å². The molecule has 0 atom stereocenters. The van der Waals surface area contributed by atoms with Gasteiger partial charge in [0.25, 0.3) is 0 Å². The Bertz CT molecular complexity index is 278. The SMILES string of the molecule is CC1(CNC(=O)CC2(O)CCCCC2)CCC1. The zero-order chi connectivity index (χ0) is 12.4. The number of carbonyl (C=O) groups is 1. The Morgan fingerprint density at radius 3 is 2.29 bits per heavy atom. The van der Waals surface area contributed by atoms with E-state index in [4.69, 9.17) is 0 Å². The van der Waals surface area contributed by atoms with Crippen molar-refractivity contribution in [2.45, 2.75) is 70.3 Å². The van der Waals surface area contributed by atoms with Gasteiger partial charge in [0.05, 0.1) is 12.0 Å². The van der Waals surface area contributed by atoms with Gasteiger partial charge in [-0.3, -0.25) is 4.79 Å². The maximum Gasteiger partial charge on any atom is 0.222 e. The molecular formula is C14H25NO2. The van der Waals surface area contributed by atoms with E-state index in [9.17, 15) is 9.90 Å². The maximum absolute atomic E-state index is 11.8. The molecule has 98 valence electrons. The average Bonchev–Trinajstić information content (AvgIpc) is 2.24. The molecule has 3 nitrogen and oxygen atoms in total. The highest BCUT2D eigenvalue weighted by atomic mass is 16.3. The predicted molar refractivity (Wildman–Crippen MR) is 67.6 cm³/mol. The van der Waals surface area contributed by atoms with Gasteiger partial charge in [-0.15, -0.1) is 0 Å². The molecule has 2 N–H and O–H groups in total. The van der Waals surface area contributed by atoms with E-state index >= 15 is 0 Å². The molecule has 0 bridgehead atoms. The quantitative estimate of drug-likeness (QED) is 0.791. The Hall–Kier alpha value is -0.570. The van der Waals surface area contributed by atoms with Crippen molar-refractivity contribution in [3.63, 3.8) is 0 Å². The molecule has 2 aliphatic carbocycles. The van der Waals surface area contributed by atoms with E-state index in [0.29, 0.717) is 11.8 Å². The number of carbonyl (C=O) groups excluding carboxylic acids is 1. The van der Waals surface area contributed by atoms with Crippen molar-refractivity contribution in [1.29, 1.82) is 0 Å². The van der Waals surface area contributed by atoms with E-state index in [1.54, 1.807) is 0 Å². The summed E-state index contributed by atoms with van der Waals surface area (Å²) in [6, 6.07) is 0. The molecule has 2 rings (SSSR count). The third-order valence-electron chi connectivity index (χ3n) is 4.55. The highest BCUT2D eigenvalue weighted by Crippen LogP contribution is 2.39. The third-order valence-corrected chi connectivity index (χ3v) is 4.55. The van der Waals surface area contributed by atoms with Gasteiger partial charge in [-0.2, -0.15) is 0 Å². The molecule has 2 aliphatic rings. The van der Waals surface area contributed by atoms with Gasteiger partial charge < -0.3 is 10.4 Å². The van der Waals surface area contributed by atoms with Crippen LogP contribution in [-0.2, 0) is 4.79 Å². The molecule has 0 radical (unpaired) electrons. The lowest BCUT2D eigenvalue weighted by atomic mass is 9.70. The molecule has 2 fully saturated rings. The first-order valence-corrected chi connectivity index (χ1v) is 7.01. The molecular weight excluding hydrogens is 214 g/mol. The summed E-state index contributed by atoms with van der Waals surface area (Å²) in [6.45, 7) is 3.01. The monoisotopic (exact) mass is 239 g/mol. The number of hydrogen-bond acceptors (Lipinski definition) is 2. The molecule has 0 unspecified atom stereocenters. The minimum absolute atomic E-state index is 0.0301. The summed E-state index contributed by atoms with van der Waals surface area (Å²) >= 11 is 0. The van der Waals surface area contributed by atoms with E-state index in [1.807, 2.05) is 0 Å². The fourth-order valence-electron chi connectivity index (χ4n) is 3.02. The van der Waals surface area contributed by atoms with Gasteiger partial charge in [0.15, 0.2) is 0 Å². The first-order valence-electron chi connectivity index (χ1n) is 7.01. The number of nitrogens with one attached hydrogen (secondary N) is 1. The van der Waals surface area contributed by atoms with Crippen molar-refractivity contribution in [2.24, 2.45) is 5.41 Å². The van der Waals surface area contributed by atoms with Crippen molar-refractivity contribution in [3.05, 3.63) is 0 Å². The topological polar surface area (TPSA) is 49.3 Å². The standard InChI is InChI=1S/C14H25NO2/c1-13(6-5-7-13)11-15-12(16)10-14(17)8-3-2-4-9-14/h17H,2-11H2,1H3,(H,15,16). The van der Waals surface area contributed by atoms with E-state index in [0.717, 1.165) is 32.2 Å². The first kappa shape index (κ1) is 12.9. The fourth-order valence-corrected chi connectivity index (χ4v) is 3.02. The lowest BCUT2D eigenvalue weighted by Gasteiger charge is -2.39. The second kappa shape index (κ2) is 4.97. The second-order valence-electron chi connectivity index (χ2n) is 6.40. The van der Waals surface area contributed by atoms with Crippen molar-refractivity contribution in [2.75, 3.05) is 6.54 Å². The van der Waals surface area contributed by atoms with Crippen molar-refractivity contribution in [3.8, 4) is 0 Å². The van der Waals surface area contributed by atoms with E-state index in [2.05, 4.69) is 12.2 Å². The molecule has 2 saturated carbocycles. The van der Waals surface area contributed by atoms with Crippen LogP contribution in [0.25, 0.3) is 0 Å². The summed E-state index contributed by atoms with van der Waals surface area (Å²) in [5.74, 6) is 0.0301. The molecule has 3 heteroatoms. The minimum Gasteiger partial charge on any atom is -0.389 e. The largest absolute Gasteiger partial charge is 0.389 e. The number of rotatable bonds is 4. The molecule has 0 aromatic heterocycles. The van der Waals surface area contributed by atoms with Gasteiger partial charge in [-0.05, 0) is 31.1 Å². The number of amides is 1. The van der Waals surface area contributed by atoms with Crippen LogP contribution in [0.15, 0.2) is 0 Å². The van der Waals surface area contributed by atoms with Gasteiger partial charge >= 0.3 is 0 Å². The fraction of sp³-hybridized carbons (Fsp3) is 0.929. The van der Waals surface area contributed by atoms with Gasteiger partial charge in [0.2, 0.25) is 5.91 Å². The highest BCUT2D eigenvalue weighted by molar-refractivity contribution is 5.77. The van der Waals surface area contributed by atoms with Gasteiger partial charge in [-0.25, -0.2) is 0 Å². The van der Waals surface area contributed by atoms with Crippen LogP contribution in [0.1, 0.15) is 64.7 Å². The Balaban J connectivity index is 1.72. The second-order valence-corrected chi connectivity index (χ2v) is 6.40. The molecule has 0 aliphatic heterocycles. The van der Waals surface area contributed by atoms with Crippen LogP contribution in [0.5, 0.6) is 0 Å². The van der Waals surface area contributed by atoms with Crippen LogP contribution in [0.3, 0.4) is 0 Å². The van der Waals surface area contributed by atoms with Crippen LogP contribution in [0.2, 0.25) is 0 Å². The summed E-state index contributed by atoms with van der Waals surface area (Å²) in [6.07, 6.45) is 8.91. The summed E-state index contributed by atoms with van der Waals surface area (Å²) < 4.78 is 0. The minimum atomic E-state index is -0.719. The lowest BCUT2D eigenvalue weighted by molar-refractivity contribution is -0.128. The smallest absolute Gasteiger partial charge is 0.222 e. The summed E-state index contributed by atoms with van der Waals surface area (Å²) in [4.78, 5) is 11.8. The van der Waals surface area contributed by atoms with Gasteiger partial charge in [0, 0.05) is 6.54 Å². The molecule has 0 aromatic rings. The summed E-state index contributed by atoms with van der Waals surface area (Å²) in [5.41, 5.74) is -0.395. The molecule has 0 heterocycles. The van der Waals surface area contributed by atoms with E-state index < -0.39 is 5.60 Å². The first-order chi connectivity index (χ1) is 8.02. The van der Waals surface area contributed by atoms with Gasteiger partial charge in [0.1, 0.15) is 0 Å². The Kier molecular flexibility index (Phi) is 3.76. The van der Waals surface area contributed by atoms with Crippen LogP contribution in [0.4, 0.5) is 0 Å². The van der Waals surface area contributed by atoms with Crippen molar-refractivity contribution in [1.82, 2.24) is 5.32 Å². The molecule has 1 amide bonds. The summed E-state index contributed by atoms with van der Waals surface area (Å²) in [7, 11) is 0. The average molecular weight is 239 g/mol. The van der Waals surface area contributed by atoms with E-state index in [-0.39, 0.29) is 5.91 Å². The molecule has 0 saturated heterocycles. The number of aliphatic hydroxyl groups is 1. The van der Waals surface area contributed by atoms with Crippen molar-refractivity contribution < 1.29 is 9.90 Å². The summed E-state index contributed by atoms with van der Waals surface area (Å²) in [5, 5.41) is 13.3. The maximum atomic E-state index is 11.8. The Morgan fingerprint density at radius 2 is 1.76 bits per heavy atom. The zero-order valence-corrected chi connectivity index (χ0v) is 10.9. The van der Waals surface area contributed by atoms with Crippen LogP contribution in [-0.4, -0.2) is 23.2 Å².